The van der Waals surface area contributed by atoms with Crippen LogP contribution in [0.5, 0.6) is 5.75 Å². The maximum Gasteiger partial charge on any atom is 0.314 e. The van der Waals surface area contributed by atoms with E-state index in [0.29, 0.717) is 25.5 Å². The number of nitrogens with one attached hydrogen (secondary N) is 2. The molecule has 1 heterocycles. The first-order valence-electron chi connectivity index (χ1n) is 17.4. The molecule has 2 aromatic carbocycles. The minimum atomic E-state index is -1.76. The van der Waals surface area contributed by atoms with E-state index < -0.39 is 37.1 Å². The van der Waals surface area contributed by atoms with Gasteiger partial charge in [-0.1, -0.05) is 36.4 Å². The number of amides is 2. The number of aromatic nitrogens is 1. The summed E-state index contributed by atoms with van der Waals surface area (Å²) in [5, 5.41) is 63.3. The molecule has 266 valence electrons. The average Bonchev–Trinajstić information content (AvgIpc) is 4.07. The summed E-state index contributed by atoms with van der Waals surface area (Å²) in [7, 11) is 0. The fourth-order valence-electron chi connectivity index (χ4n) is 6.46. The highest BCUT2D eigenvalue weighted by Gasteiger charge is 2.45. The van der Waals surface area contributed by atoms with Crippen LogP contribution >= 0.6 is 0 Å². The maximum absolute atomic E-state index is 12.2. The number of benzene rings is 2. The Hall–Kier alpha value is -3.58. The van der Waals surface area contributed by atoms with Gasteiger partial charge >= 0.3 is 6.03 Å². The number of para-hydroxylation sites is 1. The van der Waals surface area contributed by atoms with Gasteiger partial charge in [-0.05, 0) is 104 Å². The third kappa shape index (κ3) is 9.56. The Morgan fingerprint density at radius 3 is 2.43 bits per heavy atom. The van der Waals surface area contributed by atoms with Gasteiger partial charge in [-0.15, -0.1) is 0 Å². The van der Waals surface area contributed by atoms with Gasteiger partial charge in [0.25, 0.3) is 0 Å². The van der Waals surface area contributed by atoms with Crippen LogP contribution in [-0.2, 0) is 11.8 Å². The van der Waals surface area contributed by atoms with Gasteiger partial charge in [0.2, 0.25) is 0 Å². The van der Waals surface area contributed by atoms with Crippen LogP contribution in [0.1, 0.15) is 73.1 Å². The molecule has 2 aliphatic carbocycles. The molecule has 1 aromatic heterocycles. The highest BCUT2D eigenvalue weighted by Crippen LogP contribution is 2.55. The fraction of sp³-hybridized carbons (Fsp3) is 0.526. The van der Waals surface area contributed by atoms with Crippen molar-refractivity contribution in [1.29, 1.82) is 0 Å². The third-order valence-corrected chi connectivity index (χ3v) is 9.99. The lowest BCUT2D eigenvalue weighted by molar-refractivity contribution is -0.113. The van der Waals surface area contributed by atoms with E-state index in [0.717, 1.165) is 55.4 Å². The molecule has 0 saturated heterocycles. The van der Waals surface area contributed by atoms with Gasteiger partial charge in [-0.25, -0.2) is 4.79 Å². The monoisotopic (exact) mass is 677 g/mol. The third-order valence-electron chi connectivity index (χ3n) is 9.99. The average molecular weight is 678 g/mol. The fourth-order valence-corrected chi connectivity index (χ4v) is 6.46. The first kappa shape index (κ1) is 36.7. The van der Waals surface area contributed by atoms with Gasteiger partial charge in [0.1, 0.15) is 24.1 Å². The van der Waals surface area contributed by atoms with E-state index in [4.69, 9.17) is 9.84 Å². The lowest BCUT2D eigenvalue weighted by Crippen LogP contribution is -2.50. The molecule has 8 N–H and O–H groups in total. The zero-order valence-corrected chi connectivity index (χ0v) is 28.2. The summed E-state index contributed by atoms with van der Waals surface area (Å²) < 4.78 is 6.28. The summed E-state index contributed by atoms with van der Waals surface area (Å²) in [5.41, 5.74) is 7.21. The SMILES string of the molecule is Cc1ccc(C(CO)CCCNC(=O)NC[C@H](O)[C@@H](O)[C@H](O)[C@H](O)CO)cc1CCC1(c2cnccc2-c2ccccc2OC2CC2)CC1. The first-order valence-corrected chi connectivity index (χ1v) is 17.4. The Morgan fingerprint density at radius 1 is 0.959 bits per heavy atom. The topological polar surface area (TPSA) is 185 Å². The van der Waals surface area contributed by atoms with Gasteiger partial charge < -0.3 is 46.0 Å². The Kier molecular flexibility index (Phi) is 12.6. The number of carbonyl (C=O) groups is 1. The number of ether oxygens (including phenoxy) is 1. The van der Waals surface area contributed by atoms with E-state index in [9.17, 15) is 30.3 Å². The van der Waals surface area contributed by atoms with Crippen molar-refractivity contribution in [2.24, 2.45) is 0 Å². The molecule has 0 radical (unpaired) electrons. The van der Waals surface area contributed by atoms with Crippen molar-refractivity contribution < 1.29 is 40.2 Å². The first-order chi connectivity index (χ1) is 23.7. The normalized spacial score (nSPS) is 18.2. The maximum atomic E-state index is 12.2. The summed E-state index contributed by atoms with van der Waals surface area (Å²) in [4.78, 5) is 16.7. The number of hydrogen-bond acceptors (Lipinski definition) is 9. The number of aryl methyl sites for hydroxylation is 2. The van der Waals surface area contributed by atoms with Crippen molar-refractivity contribution in [2.45, 2.75) is 100 Å². The molecular weight excluding hydrogens is 626 g/mol. The molecule has 2 saturated carbocycles. The van der Waals surface area contributed by atoms with E-state index in [-0.39, 0.29) is 24.5 Å². The number of carbonyl (C=O) groups excluding carboxylic acids is 1. The van der Waals surface area contributed by atoms with Gasteiger partial charge in [0.05, 0.1) is 18.8 Å². The molecule has 5 atom stereocenters. The lowest BCUT2D eigenvalue weighted by atomic mass is 9.84. The van der Waals surface area contributed by atoms with Crippen LogP contribution in [-0.4, -0.2) is 98.5 Å². The van der Waals surface area contributed by atoms with E-state index in [1.165, 1.54) is 22.3 Å². The van der Waals surface area contributed by atoms with Crippen molar-refractivity contribution in [3.05, 3.63) is 83.2 Å². The number of pyridine rings is 1. The molecule has 11 heteroatoms. The Morgan fingerprint density at radius 2 is 1.71 bits per heavy atom. The van der Waals surface area contributed by atoms with Crippen LogP contribution in [0.15, 0.2) is 60.9 Å². The van der Waals surface area contributed by atoms with Gasteiger partial charge in [-0.2, -0.15) is 0 Å². The van der Waals surface area contributed by atoms with E-state index >= 15 is 0 Å². The molecule has 0 spiro atoms. The predicted octanol–water partition coefficient (Wildman–Crippen LogP) is 2.85. The lowest BCUT2D eigenvalue weighted by Gasteiger charge is -2.25. The van der Waals surface area contributed by atoms with Gasteiger partial charge in [-0.3, -0.25) is 4.98 Å². The molecule has 2 fully saturated rings. The van der Waals surface area contributed by atoms with Crippen molar-refractivity contribution in [3.63, 3.8) is 0 Å². The Bertz CT molecular complexity index is 1530. The molecule has 2 aliphatic rings. The van der Waals surface area contributed by atoms with Crippen LogP contribution in [0.3, 0.4) is 0 Å². The molecule has 11 nitrogen and oxygen atoms in total. The van der Waals surface area contributed by atoms with Crippen LogP contribution in [0.25, 0.3) is 11.1 Å². The number of hydrogen-bond donors (Lipinski definition) is 8. The summed E-state index contributed by atoms with van der Waals surface area (Å²) in [6.07, 6.45) is 5.17. The zero-order valence-electron chi connectivity index (χ0n) is 28.2. The number of rotatable bonds is 19. The van der Waals surface area contributed by atoms with Crippen LogP contribution in [0, 0.1) is 6.92 Å². The molecular formula is C38H51N3O8. The minimum absolute atomic E-state index is 0.0217. The number of aliphatic hydroxyl groups is 6. The Labute approximate surface area is 288 Å². The Balaban J connectivity index is 1.14. The number of urea groups is 1. The summed E-state index contributed by atoms with van der Waals surface area (Å²) >= 11 is 0. The number of aliphatic hydroxyl groups excluding tert-OH is 6. The molecule has 0 aliphatic heterocycles. The smallest absolute Gasteiger partial charge is 0.314 e. The largest absolute Gasteiger partial charge is 0.490 e. The van der Waals surface area contributed by atoms with Crippen molar-refractivity contribution in [2.75, 3.05) is 26.3 Å². The van der Waals surface area contributed by atoms with Crippen molar-refractivity contribution in [1.82, 2.24) is 15.6 Å². The van der Waals surface area contributed by atoms with Crippen LogP contribution in [0.4, 0.5) is 4.79 Å². The summed E-state index contributed by atoms with van der Waals surface area (Å²) in [6, 6.07) is 16.3. The predicted molar refractivity (Wildman–Crippen MR) is 185 cm³/mol. The molecule has 49 heavy (non-hydrogen) atoms. The second-order valence-electron chi connectivity index (χ2n) is 13.7. The van der Waals surface area contributed by atoms with Crippen LogP contribution in [0.2, 0.25) is 0 Å². The molecule has 3 aromatic rings. The highest BCUT2D eigenvalue weighted by molar-refractivity contribution is 5.75. The second kappa shape index (κ2) is 16.9. The minimum Gasteiger partial charge on any atom is -0.490 e. The summed E-state index contributed by atoms with van der Waals surface area (Å²) in [6.45, 7) is 1.29. The van der Waals surface area contributed by atoms with E-state index in [1.54, 1.807) is 0 Å². The standard InChI is InChI=1S/C38H51N3O8/c1-24-8-9-26(27(22-42)5-4-17-40-37(48)41-21-32(44)35(46)36(47)33(45)23-43)19-25(24)12-14-38(15-16-38)31-20-39-18-13-29(31)30-6-2-3-7-34(30)49-28-10-11-28/h2-3,6-9,13,18-20,27-28,32-33,35-36,42-47H,4-5,10-12,14-17,21-23H2,1H3,(H2,40,41,48)/t27?,32-,33+,35+,36+/m0/s1. The molecule has 0 bridgehead atoms. The number of nitrogens with zero attached hydrogens (tertiary/aromatic N) is 1. The second-order valence-corrected chi connectivity index (χ2v) is 13.7. The molecule has 5 rings (SSSR count). The highest BCUT2D eigenvalue weighted by atomic mass is 16.5. The zero-order chi connectivity index (χ0) is 35.0. The van der Waals surface area contributed by atoms with E-state index in [2.05, 4.69) is 65.0 Å². The quantitative estimate of drug-likeness (QED) is 0.0884. The molecule has 1 unspecified atom stereocenters. The van der Waals surface area contributed by atoms with E-state index in [1.807, 2.05) is 18.5 Å². The van der Waals surface area contributed by atoms with Crippen molar-refractivity contribution >= 4 is 6.03 Å². The van der Waals surface area contributed by atoms with Crippen LogP contribution < -0.4 is 15.4 Å². The molecule has 2 amide bonds. The summed E-state index contributed by atoms with van der Waals surface area (Å²) in [5.74, 6) is 0.845. The van der Waals surface area contributed by atoms with Crippen molar-refractivity contribution in [3.8, 4) is 16.9 Å². The van der Waals surface area contributed by atoms with Gasteiger partial charge in [0.15, 0.2) is 0 Å². The van der Waals surface area contributed by atoms with Gasteiger partial charge in [0, 0.05) is 43.6 Å².